The summed E-state index contributed by atoms with van der Waals surface area (Å²) in [5, 5.41) is 3.22. The third-order valence-corrected chi connectivity index (χ3v) is 2.44. The molecule has 3 rings (SSSR count). The van der Waals surface area contributed by atoms with Crippen LogP contribution in [0.4, 0.5) is 16.2 Å². The molecule has 0 aliphatic carbocycles. The zero-order chi connectivity index (χ0) is 9.54. The molecular weight excluding hydrogens is 182 g/mol. The summed E-state index contributed by atoms with van der Waals surface area (Å²) in [4.78, 5) is 17.8. The summed E-state index contributed by atoms with van der Waals surface area (Å²) in [6.07, 6.45) is -0.443. The van der Waals surface area contributed by atoms with Crippen LogP contribution < -0.4 is 15.7 Å². The molecule has 2 N–H and O–H groups in total. The predicted octanol–water partition coefficient (Wildman–Crippen LogP) is 0.899. The molecule has 0 radical (unpaired) electrons. The second-order valence-electron chi connectivity index (χ2n) is 3.27. The number of para-hydroxylation sites is 2. The lowest BCUT2D eigenvalue weighted by atomic mass is 10.2. The highest BCUT2D eigenvalue weighted by Crippen LogP contribution is 2.32. The Kier molecular flexibility index (Phi) is 1.43. The highest BCUT2D eigenvalue weighted by Gasteiger charge is 2.37. The minimum Gasteiger partial charge on any atom is -0.380 e. The predicted molar refractivity (Wildman–Crippen MR) is 50.8 cm³/mol. The highest BCUT2D eigenvalue weighted by atomic mass is 16.7. The SMILES string of the molecule is O=C1ONC2CNc3ccccc3N12. The first-order valence-corrected chi connectivity index (χ1v) is 4.45. The average Bonchev–Trinajstić information content (AvgIpc) is 2.61. The van der Waals surface area contributed by atoms with Crippen LogP contribution >= 0.6 is 0 Å². The van der Waals surface area contributed by atoms with Crippen LogP contribution in [0.25, 0.3) is 0 Å². The van der Waals surface area contributed by atoms with Crippen molar-refractivity contribution in [2.24, 2.45) is 0 Å². The molecule has 72 valence electrons. The smallest absolute Gasteiger partial charge is 0.380 e. The van der Waals surface area contributed by atoms with E-state index in [9.17, 15) is 4.79 Å². The van der Waals surface area contributed by atoms with Gasteiger partial charge in [-0.05, 0) is 12.1 Å². The second-order valence-corrected chi connectivity index (χ2v) is 3.27. The summed E-state index contributed by atoms with van der Waals surface area (Å²) < 4.78 is 0. The molecule has 1 fully saturated rings. The normalized spacial score (nSPS) is 23.6. The standard InChI is InChI=1S/C9H9N3O2/c13-9-12-7-4-2-1-3-6(7)10-5-8(12)11-14-9/h1-4,8,10-11H,5H2. The number of hydrogen-bond acceptors (Lipinski definition) is 4. The number of benzene rings is 1. The van der Waals surface area contributed by atoms with Crippen LogP contribution in [-0.2, 0) is 4.84 Å². The molecule has 1 aromatic carbocycles. The average molecular weight is 191 g/mol. The van der Waals surface area contributed by atoms with Gasteiger partial charge in [0.05, 0.1) is 17.9 Å². The Hall–Kier alpha value is -1.75. The van der Waals surface area contributed by atoms with Gasteiger partial charge in [0.25, 0.3) is 0 Å². The lowest BCUT2D eigenvalue weighted by Crippen LogP contribution is -2.45. The van der Waals surface area contributed by atoms with Crippen LogP contribution in [0, 0.1) is 0 Å². The van der Waals surface area contributed by atoms with Gasteiger partial charge in [-0.2, -0.15) is 0 Å². The van der Waals surface area contributed by atoms with Crippen molar-refractivity contribution in [1.82, 2.24) is 5.48 Å². The van der Waals surface area contributed by atoms with Gasteiger partial charge in [-0.25, -0.2) is 4.79 Å². The molecule has 1 unspecified atom stereocenters. The minimum absolute atomic E-state index is 0.0996. The van der Waals surface area contributed by atoms with Gasteiger partial charge in [-0.3, -0.25) is 4.90 Å². The van der Waals surface area contributed by atoms with Crippen LogP contribution in [0.1, 0.15) is 0 Å². The lowest BCUT2D eigenvalue weighted by Gasteiger charge is -2.29. The summed E-state index contributed by atoms with van der Waals surface area (Å²) in [5.74, 6) is 0. The fourth-order valence-electron chi connectivity index (χ4n) is 1.79. The van der Waals surface area contributed by atoms with Crippen LogP contribution in [0.15, 0.2) is 24.3 Å². The van der Waals surface area contributed by atoms with E-state index in [1.54, 1.807) is 4.90 Å². The fourth-order valence-corrected chi connectivity index (χ4v) is 1.79. The van der Waals surface area contributed by atoms with Crippen LogP contribution in [0.5, 0.6) is 0 Å². The quantitative estimate of drug-likeness (QED) is 0.639. The molecule has 1 saturated heterocycles. The van der Waals surface area contributed by atoms with Gasteiger partial charge in [0.15, 0.2) is 0 Å². The fraction of sp³-hybridized carbons (Fsp3) is 0.222. The number of hydroxylamine groups is 1. The van der Waals surface area contributed by atoms with Crippen molar-refractivity contribution in [3.05, 3.63) is 24.3 Å². The van der Waals surface area contributed by atoms with Gasteiger partial charge in [0.2, 0.25) is 0 Å². The Balaban J connectivity index is 2.11. The summed E-state index contributed by atoms with van der Waals surface area (Å²) >= 11 is 0. The molecule has 1 atom stereocenters. The number of hydrogen-bond donors (Lipinski definition) is 2. The van der Waals surface area contributed by atoms with E-state index < -0.39 is 0 Å². The first-order chi connectivity index (χ1) is 6.86. The Morgan fingerprint density at radius 2 is 2.29 bits per heavy atom. The Morgan fingerprint density at radius 1 is 1.43 bits per heavy atom. The number of nitrogens with zero attached hydrogens (tertiary/aromatic N) is 1. The Bertz CT molecular complexity index is 393. The number of anilines is 2. The van der Waals surface area contributed by atoms with E-state index in [-0.39, 0.29) is 12.3 Å². The Labute approximate surface area is 80.6 Å². The van der Waals surface area contributed by atoms with Crippen molar-refractivity contribution < 1.29 is 9.63 Å². The van der Waals surface area contributed by atoms with E-state index in [2.05, 4.69) is 10.8 Å². The molecule has 5 heteroatoms. The van der Waals surface area contributed by atoms with Crippen molar-refractivity contribution in [3.8, 4) is 0 Å². The van der Waals surface area contributed by atoms with Crippen molar-refractivity contribution in [2.75, 3.05) is 16.8 Å². The molecule has 1 amide bonds. The van der Waals surface area contributed by atoms with Crippen LogP contribution in [-0.4, -0.2) is 18.8 Å². The summed E-state index contributed by atoms with van der Waals surface area (Å²) in [5.41, 5.74) is 4.49. The summed E-state index contributed by atoms with van der Waals surface area (Å²) in [6.45, 7) is 0.656. The maximum Gasteiger partial charge on any atom is 0.434 e. The number of carbonyl (C=O) groups excluding carboxylic acids is 1. The van der Waals surface area contributed by atoms with Gasteiger partial charge in [-0.15, -0.1) is 5.48 Å². The molecule has 1 aromatic rings. The molecule has 5 nitrogen and oxygen atoms in total. The largest absolute Gasteiger partial charge is 0.434 e. The third kappa shape index (κ3) is 0.898. The molecule has 0 spiro atoms. The van der Waals surface area contributed by atoms with Crippen molar-refractivity contribution >= 4 is 17.5 Å². The van der Waals surface area contributed by atoms with Gasteiger partial charge in [-0.1, -0.05) is 12.1 Å². The van der Waals surface area contributed by atoms with E-state index in [1.807, 2.05) is 24.3 Å². The molecular formula is C9H9N3O2. The second kappa shape index (κ2) is 2.62. The molecule has 14 heavy (non-hydrogen) atoms. The van der Waals surface area contributed by atoms with E-state index in [4.69, 9.17) is 4.84 Å². The third-order valence-electron chi connectivity index (χ3n) is 2.44. The molecule has 2 aliphatic heterocycles. The first-order valence-electron chi connectivity index (χ1n) is 4.45. The number of carbonyl (C=O) groups is 1. The van der Waals surface area contributed by atoms with Crippen molar-refractivity contribution in [2.45, 2.75) is 6.17 Å². The van der Waals surface area contributed by atoms with E-state index in [0.717, 1.165) is 11.4 Å². The molecule has 0 aromatic heterocycles. The number of rotatable bonds is 0. The number of fused-ring (bicyclic) bond motifs is 3. The monoisotopic (exact) mass is 191 g/mol. The maximum atomic E-state index is 11.4. The van der Waals surface area contributed by atoms with Gasteiger partial charge in [0.1, 0.15) is 6.17 Å². The zero-order valence-electron chi connectivity index (χ0n) is 7.36. The van der Waals surface area contributed by atoms with Gasteiger partial charge < -0.3 is 10.2 Å². The molecule has 2 aliphatic rings. The maximum absolute atomic E-state index is 11.4. The van der Waals surface area contributed by atoms with Crippen LogP contribution in [0.2, 0.25) is 0 Å². The topological polar surface area (TPSA) is 53.6 Å². The highest BCUT2D eigenvalue weighted by molar-refractivity contribution is 5.95. The van der Waals surface area contributed by atoms with Crippen molar-refractivity contribution in [1.29, 1.82) is 0 Å². The first kappa shape index (κ1) is 7.64. The van der Waals surface area contributed by atoms with Crippen LogP contribution in [0.3, 0.4) is 0 Å². The van der Waals surface area contributed by atoms with E-state index >= 15 is 0 Å². The Morgan fingerprint density at radius 3 is 3.21 bits per heavy atom. The van der Waals surface area contributed by atoms with E-state index in [1.165, 1.54) is 0 Å². The van der Waals surface area contributed by atoms with Gasteiger partial charge >= 0.3 is 6.09 Å². The van der Waals surface area contributed by atoms with E-state index in [0.29, 0.717) is 6.54 Å². The molecule has 0 bridgehead atoms. The summed E-state index contributed by atoms with van der Waals surface area (Å²) in [7, 11) is 0. The molecule has 2 heterocycles. The lowest BCUT2D eigenvalue weighted by molar-refractivity contribution is 0.123. The van der Waals surface area contributed by atoms with Crippen molar-refractivity contribution in [3.63, 3.8) is 0 Å². The number of amides is 1. The summed E-state index contributed by atoms with van der Waals surface area (Å²) in [6, 6.07) is 7.66. The molecule has 0 saturated carbocycles. The van der Waals surface area contributed by atoms with Gasteiger partial charge in [0, 0.05) is 0 Å². The number of nitrogens with one attached hydrogen (secondary N) is 2. The zero-order valence-corrected chi connectivity index (χ0v) is 7.36. The minimum atomic E-state index is -0.344.